The summed E-state index contributed by atoms with van der Waals surface area (Å²) in [6.45, 7) is 0. The first-order valence-corrected chi connectivity index (χ1v) is 5.81. The molecule has 19 heavy (non-hydrogen) atoms. The van der Waals surface area contributed by atoms with Crippen LogP contribution in [0.5, 0.6) is 0 Å². The van der Waals surface area contributed by atoms with Crippen LogP contribution in [0.2, 0.25) is 0 Å². The Morgan fingerprint density at radius 3 is 2.42 bits per heavy atom. The zero-order valence-electron chi connectivity index (χ0n) is 9.71. The molecule has 3 nitrogen and oxygen atoms in total. The van der Waals surface area contributed by atoms with Gasteiger partial charge in [0.1, 0.15) is 11.6 Å². The molecule has 1 aromatic heterocycles. The molecule has 98 valence electrons. The molecule has 0 atom stereocenters. The minimum Gasteiger partial charge on any atom is -0.310 e. The minimum absolute atomic E-state index is 0.0158. The number of aromatic nitrogens is 2. The van der Waals surface area contributed by atoms with Gasteiger partial charge in [0, 0.05) is 23.6 Å². The highest BCUT2D eigenvalue weighted by Gasteiger charge is 2.27. The Labute approximate surface area is 106 Å². The van der Waals surface area contributed by atoms with E-state index in [1.807, 2.05) is 0 Å². The first-order valence-electron chi connectivity index (χ1n) is 5.81. The van der Waals surface area contributed by atoms with E-state index in [9.17, 15) is 18.0 Å². The monoisotopic (exact) mass is 266 g/mol. The lowest BCUT2D eigenvalue weighted by molar-refractivity contribution is 0.496. The van der Waals surface area contributed by atoms with Crippen molar-refractivity contribution in [3.63, 3.8) is 0 Å². The first kappa shape index (κ1) is 12.0. The molecule has 1 aliphatic rings. The van der Waals surface area contributed by atoms with Gasteiger partial charge in [0.2, 0.25) is 0 Å². The Morgan fingerprint density at radius 2 is 1.74 bits per heavy atom. The number of rotatable bonds is 2. The normalized spacial score (nSPS) is 14.7. The van der Waals surface area contributed by atoms with E-state index in [-0.39, 0.29) is 17.2 Å². The van der Waals surface area contributed by atoms with Crippen molar-refractivity contribution in [3.05, 3.63) is 51.8 Å². The summed E-state index contributed by atoms with van der Waals surface area (Å²) in [4.78, 5) is 18.2. The fourth-order valence-electron chi connectivity index (χ4n) is 1.88. The third-order valence-electron chi connectivity index (χ3n) is 3.01. The molecule has 0 saturated heterocycles. The summed E-state index contributed by atoms with van der Waals surface area (Å²) < 4.78 is 39.7. The van der Waals surface area contributed by atoms with Crippen LogP contribution in [-0.4, -0.2) is 9.97 Å². The van der Waals surface area contributed by atoms with Crippen molar-refractivity contribution in [3.8, 4) is 11.3 Å². The van der Waals surface area contributed by atoms with Gasteiger partial charge in [0.05, 0.1) is 5.69 Å². The van der Waals surface area contributed by atoms with Gasteiger partial charge in [-0.15, -0.1) is 0 Å². The molecule has 2 aromatic rings. The Kier molecular flexibility index (Phi) is 2.66. The Bertz CT molecular complexity index is 708. The second-order valence-corrected chi connectivity index (χ2v) is 4.54. The number of nitrogens with zero attached hydrogens (tertiary/aromatic N) is 1. The molecule has 1 aromatic carbocycles. The highest BCUT2D eigenvalue weighted by molar-refractivity contribution is 5.59. The summed E-state index contributed by atoms with van der Waals surface area (Å²) in [7, 11) is 0. The molecule has 1 saturated carbocycles. The largest absolute Gasteiger partial charge is 0.310 e. The van der Waals surface area contributed by atoms with E-state index in [0.717, 1.165) is 18.9 Å². The molecule has 0 spiro atoms. The van der Waals surface area contributed by atoms with Crippen LogP contribution in [0.25, 0.3) is 11.3 Å². The van der Waals surface area contributed by atoms with Gasteiger partial charge in [-0.3, -0.25) is 4.79 Å². The Balaban J connectivity index is 2.16. The number of aromatic amines is 1. The molecule has 1 N–H and O–H groups in total. The van der Waals surface area contributed by atoms with E-state index in [2.05, 4.69) is 9.97 Å². The van der Waals surface area contributed by atoms with E-state index < -0.39 is 23.0 Å². The predicted molar refractivity (Wildman–Crippen MR) is 62.1 cm³/mol. The van der Waals surface area contributed by atoms with Gasteiger partial charge in [-0.05, 0) is 18.9 Å². The van der Waals surface area contributed by atoms with Crippen LogP contribution in [0.15, 0.2) is 23.0 Å². The zero-order valence-corrected chi connectivity index (χ0v) is 9.71. The highest BCUT2D eigenvalue weighted by atomic mass is 19.2. The van der Waals surface area contributed by atoms with Crippen LogP contribution in [0, 0.1) is 17.5 Å². The molecule has 1 aliphatic carbocycles. The highest BCUT2D eigenvalue weighted by Crippen LogP contribution is 2.38. The van der Waals surface area contributed by atoms with E-state index in [1.165, 1.54) is 0 Å². The third-order valence-corrected chi connectivity index (χ3v) is 3.01. The maximum Gasteiger partial charge on any atom is 0.251 e. The standard InChI is InChI=1S/C13H9F3N2O/c14-8-4-10(16)9(15)3-7(8)11-5-12(19)18-13(17-11)6-1-2-6/h3-6H,1-2H2,(H,17,18,19). The van der Waals surface area contributed by atoms with E-state index in [1.54, 1.807) is 0 Å². The van der Waals surface area contributed by atoms with Crippen LogP contribution in [0.1, 0.15) is 24.6 Å². The number of halogens is 3. The van der Waals surface area contributed by atoms with Crippen molar-refractivity contribution in [1.82, 2.24) is 9.97 Å². The summed E-state index contributed by atoms with van der Waals surface area (Å²) >= 11 is 0. The zero-order chi connectivity index (χ0) is 13.6. The van der Waals surface area contributed by atoms with Gasteiger partial charge in [-0.2, -0.15) is 0 Å². The molecule has 0 aliphatic heterocycles. The van der Waals surface area contributed by atoms with Crippen molar-refractivity contribution in [1.29, 1.82) is 0 Å². The molecule has 0 bridgehead atoms. The van der Waals surface area contributed by atoms with Gasteiger partial charge < -0.3 is 4.98 Å². The summed E-state index contributed by atoms with van der Waals surface area (Å²) in [5.74, 6) is -2.76. The van der Waals surface area contributed by atoms with E-state index >= 15 is 0 Å². The van der Waals surface area contributed by atoms with Gasteiger partial charge in [-0.25, -0.2) is 18.2 Å². The topological polar surface area (TPSA) is 45.8 Å². The van der Waals surface area contributed by atoms with E-state index in [0.29, 0.717) is 18.0 Å². The summed E-state index contributed by atoms with van der Waals surface area (Å²) in [6.07, 6.45) is 1.82. The second-order valence-electron chi connectivity index (χ2n) is 4.54. The van der Waals surface area contributed by atoms with Crippen molar-refractivity contribution >= 4 is 0 Å². The molecule has 1 heterocycles. The van der Waals surface area contributed by atoms with Gasteiger partial charge in [0.15, 0.2) is 11.6 Å². The lowest BCUT2D eigenvalue weighted by Crippen LogP contribution is -2.11. The number of benzene rings is 1. The van der Waals surface area contributed by atoms with Gasteiger partial charge in [0.25, 0.3) is 5.56 Å². The third kappa shape index (κ3) is 2.25. The van der Waals surface area contributed by atoms with Crippen molar-refractivity contribution in [2.75, 3.05) is 0 Å². The van der Waals surface area contributed by atoms with Gasteiger partial charge in [-0.1, -0.05) is 0 Å². The number of nitrogens with one attached hydrogen (secondary N) is 1. The average molecular weight is 266 g/mol. The smallest absolute Gasteiger partial charge is 0.251 e. The number of hydrogen-bond donors (Lipinski definition) is 1. The van der Waals surface area contributed by atoms with Crippen LogP contribution >= 0.6 is 0 Å². The number of hydrogen-bond acceptors (Lipinski definition) is 2. The maximum absolute atomic E-state index is 13.6. The number of H-pyrrole nitrogens is 1. The average Bonchev–Trinajstić information content (AvgIpc) is 3.17. The Hall–Kier alpha value is -2.11. The first-order chi connectivity index (χ1) is 9.04. The molecule has 3 rings (SSSR count). The quantitative estimate of drug-likeness (QED) is 0.849. The minimum atomic E-state index is -1.27. The fourth-order valence-corrected chi connectivity index (χ4v) is 1.88. The lowest BCUT2D eigenvalue weighted by Gasteiger charge is -2.05. The van der Waals surface area contributed by atoms with Crippen molar-refractivity contribution in [2.24, 2.45) is 0 Å². The van der Waals surface area contributed by atoms with E-state index in [4.69, 9.17) is 0 Å². The predicted octanol–water partition coefficient (Wildman–Crippen LogP) is 2.73. The molecule has 0 amide bonds. The van der Waals surface area contributed by atoms with Crippen LogP contribution in [-0.2, 0) is 0 Å². The van der Waals surface area contributed by atoms with Crippen LogP contribution in [0.3, 0.4) is 0 Å². The lowest BCUT2D eigenvalue weighted by atomic mass is 10.1. The second kappa shape index (κ2) is 4.22. The van der Waals surface area contributed by atoms with Crippen molar-refractivity contribution < 1.29 is 13.2 Å². The fraction of sp³-hybridized carbons (Fsp3) is 0.231. The summed E-state index contributed by atoms with van der Waals surface area (Å²) in [6, 6.07) is 2.23. The molecular weight excluding hydrogens is 257 g/mol. The molecule has 0 unspecified atom stereocenters. The van der Waals surface area contributed by atoms with Crippen LogP contribution < -0.4 is 5.56 Å². The van der Waals surface area contributed by atoms with Gasteiger partial charge >= 0.3 is 0 Å². The molecule has 6 heteroatoms. The summed E-state index contributed by atoms with van der Waals surface area (Å²) in [5.41, 5.74) is -0.634. The SMILES string of the molecule is O=c1cc(-c2cc(F)c(F)cc2F)nc(C2CC2)[nH]1. The molecule has 1 fully saturated rings. The Morgan fingerprint density at radius 1 is 1.05 bits per heavy atom. The summed E-state index contributed by atoms with van der Waals surface area (Å²) in [5, 5.41) is 0. The molecule has 0 radical (unpaired) electrons. The molecular formula is C13H9F3N2O. The van der Waals surface area contributed by atoms with Crippen LogP contribution in [0.4, 0.5) is 13.2 Å². The van der Waals surface area contributed by atoms with Crippen molar-refractivity contribution in [2.45, 2.75) is 18.8 Å². The maximum atomic E-state index is 13.6.